The maximum absolute atomic E-state index is 15.4. The first kappa shape index (κ1) is 46.9. The van der Waals surface area contributed by atoms with Crippen LogP contribution in [0.3, 0.4) is 0 Å². The second kappa shape index (κ2) is 21.0. The quantitative estimate of drug-likeness (QED) is 0.0888. The number of rotatable bonds is 16. The lowest BCUT2D eigenvalue weighted by Crippen LogP contribution is -2.29. The average molecular weight is 987 g/mol. The molecule has 0 aliphatic carbocycles. The van der Waals surface area contributed by atoms with Crippen LogP contribution in [-0.4, -0.2) is 46.6 Å². The van der Waals surface area contributed by atoms with Crippen LogP contribution < -0.4 is 9.80 Å². The van der Waals surface area contributed by atoms with Crippen LogP contribution in [0.25, 0.3) is 11.4 Å². The Kier molecular flexibility index (Phi) is 14.1. The average Bonchev–Trinajstić information content (AvgIpc) is 3.86. The summed E-state index contributed by atoms with van der Waals surface area (Å²) in [6.07, 6.45) is 8.34. The summed E-state index contributed by atoms with van der Waals surface area (Å²) < 4.78 is 0. The monoisotopic (exact) mass is 986 g/mol. The minimum atomic E-state index is -0.199. The van der Waals surface area contributed by atoms with E-state index in [1.807, 2.05) is 60.7 Å². The van der Waals surface area contributed by atoms with Crippen molar-refractivity contribution in [2.75, 3.05) is 34.8 Å². The van der Waals surface area contributed by atoms with Crippen LogP contribution in [0.5, 0.6) is 0 Å². The zero-order chi connectivity index (χ0) is 48.1. The van der Waals surface area contributed by atoms with Crippen LogP contribution in [0.15, 0.2) is 237 Å². The lowest BCUT2D eigenvalue weighted by atomic mass is 10.0. The minimum Gasteiger partial charge on any atom is -0.311 e. The zero-order valence-corrected chi connectivity index (χ0v) is 42.5. The molecular formula is C60H50N4O2S4. The summed E-state index contributed by atoms with van der Waals surface area (Å²) in [5, 5.41) is 0. The van der Waals surface area contributed by atoms with E-state index >= 15 is 9.59 Å². The van der Waals surface area contributed by atoms with E-state index in [1.54, 1.807) is 56.8 Å². The number of benzene rings is 8. The maximum Gasteiger partial charge on any atom is 0.261 e. The molecule has 0 fully saturated rings. The lowest BCUT2D eigenvalue weighted by molar-refractivity contribution is -0.124. The summed E-state index contributed by atoms with van der Waals surface area (Å²) in [6, 6.07) is 71.0. The smallest absolute Gasteiger partial charge is 0.261 e. The van der Waals surface area contributed by atoms with E-state index in [1.165, 1.54) is 19.6 Å². The Morgan fingerprint density at radius 3 is 0.814 bits per heavy atom. The fourth-order valence-electron chi connectivity index (χ4n) is 9.19. The predicted molar refractivity (Wildman–Crippen MR) is 297 cm³/mol. The number of anilines is 6. The molecule has 10 heteroatoms. The van der Waals surface area contributed by atoms with Crippen molar-refractivity contribution in [3.63, 3.8) is 0 Å². The van der Waals surface area contributed by atoms with Crippen molar-refractivity contribution < 1.29 is 9.59 Å². The lowest BCUT2D eigenvalue weighted by Gasteiger charge is -2.28. The van der Waals surface area contributed by atoms with E-state index < -0.39 is 0 Å². The zero-order valence-electron chi connectivity index (χ0n) is 39.3. The van der Waals surface area contributed by atoms with Crippen molar-refractivity contribution in [3.8, 4) is 0 Å². The molecule has 2 heterocycles. The van der Waals surface area contributed by atoms with Crippen LogP contribution in [0.1, 0.15) is 22.3 Å². The van der Waals surface area contributed by atoms with E-state index in [-0.39, 0.29) is 11.8 Å². The SMILES string of the molecule is CSc1ccc(N(c2ccc(SC)cc2)c2ccc(C3=C4C(=O)N(Cc5ccccc5)C(c5ccc(N(c6ccc(SC)cc6)c6ccc(SC)cc6)cc5)=C4C(=O)N3Cc3ccccc3)cc2)cc1. The van der Waals surface area contributed by atoms with Gasteiger partial charge in [-0.05, 0) is 169 Å². The molecule has 0 aromatic heterocycles. The standard InChI is InChI=1S/C60H50N4O2S4/c1-67-51-31-23-47(24-32-51)63(48-25-33-52(68-2)34-26-48)45-19-15-43(16-20-45)57-55-56(60(66)61(57)39-41-11-7-5-8-12-41)58(62(59(55)65)40-42-13-9-6-10-14-42)44-17-21-46(22-18-44)64(49-27-35-53(69-3)36-28-49)50-29-37-54(70-4)38-30-50/h5-38H,39-40H2,1-4H3. The number of amides is 2. The molecule has 2 amide bonds. The molecule has 2 aliphatic heterocycles. The Balaban J connectivity index is 1.11. The van der Waals surface area contributed by atoms with Gasteiger partial charge in [0.25, 0.3) is 11.8 Å². The van der Waals surface area contributed by atoms with Gasteiger partial charge in [0, 0.05) is 53.7 Å². The van der Waals surface area contributed by atoms with Gasteiger partial charge in [-0.1, -0.05) is 84.9 Å². The second-order valence-corrected chi connectivity index (χ2v) is 20.3. The van der Waals surface area contributed by atoms with E-state index in [4.69, 9.17) is 0 Å². The Bertz CT molecular complexity index is 2880. The van der Waals surface area contributed by atoms with Gasteiger partial charge >= 0.3 is 0 Å². The molecule has 2 aliphatic rings. The normalized spacial score (nSPS) is 13.4. The van der Waals surface area contributed by atoms with Crippen molar-refractivity contribution >= 4 is 104 Å². The van der Waals surface area contributed by atoms with E-state index in [0.717, 1.165) is 56.4 Å². The van der Waals surface area contributed by atoms with E-state index in [9.17, 15) is 0 Å². The maximum atomic E-state index is 15.4. The van der Waals surface area contributed by atoms with Gasteiger partial charge in [-0.15, -0.1) is 47.0 Å². The molecule has 10 rings (SSSR count). The van der Waals surface area contributed by atoms with Gasteiger partial charge in [0.1, 0.15) is 0 Å². The number of carbonyl (C=O) groups is 2. The Hall–Kier alpha value is -6.82. The fourth-order valence-corrected chi connectivity index (χ4v) is 10.8. The van der Waals surface area contributed by atoms with Crippen LogP contribution in [0.2, 0.25) is 0 Å². The number of carbonyl (C=O) groups excluding carboxylic acids is 2. The van der Waals surface area contributed by atoms with Crippen molar-refractivity contribution in [3.05, 3.63) is 240 Å². The molecular weight excluding hydrogens is 937 g/mol. The summed E-state index contributed by atoms with van der Waals surface area (Å²) in [7, 11) is 0. The minimum absolute atomic E-state index is 0.199. The highest BCUT2D eigenvalue weighted by Crippen LogP contribution is 2.49. The van der Waals surface area contributed by atoms with E-state index in [2.05, 4.69) is 180 Å². The topological polar surface area (TPSA) is 47.1 Å². The molecule has 8 aromatic rings. The van der Waals surface area contributed by atoms with Gasteiger partial charge in [0.2, 0.25) is 0 Å². The van der Waals surface area contributed by atoms with Gasteiger partial charge < -0.3 is 19.6 Å². The highest BCUT2D eigenvalue weighted by Gasteiger charge is 2.49. The van der Waals surface area contributed by atoms with Gasteiger partial charge in [0.15, 0.2) is 0 Å². The number of fused-ring (bicyclic) bond motifs is 1. The molecule has 0 N–H and O–H groups in total. The first-order chi connectivity index (χ1) is 34.3. The summed E-state index contributed by atoms with van der Waals surface area (Å²) in [6.45, 7) is 0.606. The van der Waals surface area contributed by atoms with Crippen LogP contribution in [0, 0.1) is 0 Å². The van der Waals surface area contributed by atoms with Gasteiger partial charge in [-0.2, -0.15) is 0 Å². The highest BCUT2D eigenvalue weighted by molar-refractivity contribution is 7.99. The molecule has 0 atom stereocenters. The molecule has 70 heavy (non-hydrogen) atoms. The molecule has 6 nitrogen and oxygen atoms in total. The third kappa shape index (κ3) is 9.44. The molecule has 0 radical (unpaired) electrons. The molecule has 0 saturated carbocycles. The third-order valence-electron chi connectivity index (χ3n) is 12.7. The van der Waals surface area contributed by atoms with Crippen LogP contribution in [-0.2, 0) is 22.7 Å². The van der Waals surface area contributed by atoms with Gasteiger partial charge in [-0.3, -0.25) is 9.59 Å². The van der Waals surface area contributed by atoms with Gasteiger partial charge in [0.05, 0.1) is 35.6 Å². The molecule has 346 valence electrons. The summed E-state index contributed by atoms with van der Waals surface area (Å²) in [5.74, 6) is -0.399. The third-order valence-corrected chi connectivity index (χ3v) is 15.6. The van der Waals surface area contributed by atoms with Crippen molar-refractivity contribution in [1.29, 1.82) is 0 Å². The van der Waals surface area contributed by atoms with Crippen molar-refractivity contribution in [1.82, 2.24) is 9.80 Å². The fraction of sp³-hybridized carbons (Fsp3) is 0.100. The Morgan fingerprint density at radius 1 is 0.329 bits per heavy atom. The molecule has 0 spiro atoms. The molecule has 0 bridgehead atoms. The molecule has 0 saturated heterocycles. The Morgan fingerprint density at radius 2 is 0.571 bits per heavy atom. The van der Waals surface area contributed by atoms with Crippen molar-refractivity contribution in [2.24, 2.45) is 0 Å². The number of hydrogen-bond acceptors (Lipinski definition) is 8. The van der Waals surface area contributed by atoms with Crippen LogP contribution >= 0.6 is 47.0 Å². The number of hydrogen-bond donors (Lipinski definition) is 0. The summed E-state index contributed by atoms with van der Waals surface area (Å²) in [4.78, 5) is 43.7. The first-order valence-corrected chi connectivity index (χ1v) is 27.8. The van der Waals surface area contributed by atoms with Crippen molar-refractivity contribution in [2.45, 2.75) is 32.7 Å². The number of nitrogens with zero attached hydrogens (tertiary/aromatic N) is 4. The van der Waals surface area contributed by atoms with Crippen LogP contribution in [0.4, 0.5) is 34.1 Å². The molecule has 8 aromatic carbocycles. The Labute approximate surface area is 428 Å². The summed E-state index contributed by atoms with van der Waals surface area (Å²) in [5.41, 5.74) is 11.6. The predicted octanol–water partition coefficient (Wildman–Crippen LogP) is 15.7. The summed E-state index contributed by atoms with van der Waals surface area (Å²) >= 11 is 6.86. The number of thioether (sulfide) groups is 4. The highest BCUT2D eigenvalue weighted by atomic mass is 32.2. The van der Waals surface area contributed by atoms with Gasteiger partial charge in [-0.25, -0.2) is 0 Å². The van der Waals surface area contributed by atoms with E-state index in [0.29, 0.717) is 35.6 Å². The second-order valence-electron chi connectivity index (χ2n) is 16.8. The first-order valence-electron chi connectivity index (χ1n) is 22.9. The largest absolute Gasteiger partial charge is 0.311 e. The molecule has 0 unspecified atom stereocenters.